The molecule has 6 nitrogen and oxygen atoms in total. The Labute approximate surface area is 161 Å². The number of rotatable bonds is 5. The van der Waals surface area contributed by atoms with Crippen LogP contribution in [0.3, 0.4) is 0 Å². The van der Waals surface area contributed by atoms with Crippen molar-refractivity contribution in [2.45, 2.75) is 20.5 Å². The smallest absolute Gasteiger partial charge is 0.171 e. The molecule has 0 aliphatic heterocycles. The average Bonchev–Trinajstić information content (AvgIpc) is 2.96. The van der Waals surface area contributed by atoms with Gasteiger partial charge in [-0.1, -0.05) is 34.4 Å². The molecule has 0 saturated heterocycles. The van der Waals surface area contributed by atoms with Gasteiger partial charge >= 0.3 is 0 Å². The van der Waals surface area contributed by atoms with E-state index in [9.17, 15) is 0 Å². The van der Waals surface area contributed by atoms with Crippen molar-refractivity contribution in [2.75, 3.05) is 0 Å². The van der Waals surface area contributed by atoms with Crippen LogP contribution in [-0.2, 0) is 11.4 Å². The van der Waals surface area contributed by atoms with Gasteiger partial charge in [0, 0.05) is 17.5 Å². The molecular formula is C18H17Cl2N5O. The van der Waals surface area contributed by atoms with Crippen LogP contribution < -0.4 is 5.73 Å². The number of oxime groups is 1. The third-order valence-corrected chi connectivity index (χ3v) is 4.39. The first-order valence-corrected chi connectivity index (χ1v) is 8.59. The minimum absolute atomic E-state index is 0.231. The number of halogens is 2. The maximum absolute atomic E-state index is 5.97. The number of nitrogens with zero attached hydrogens (tertiary/aromatic N) is 4. The van der Waals surface area contributed by atoms with Gasteiger partial charge in [0.05, 0.1) is 15.7 Å². The number of aryl methyl sites for hydroxylation is 2. The van der Waals surface area contributed by atoms with Crippen LogP contribution in [0.5, 0.6) is 0 Å². The van der Waals surface area contributed by atoms with Crippen molar-refractivity contribution in [1.82, 2.24) is 14.8 Å². The lowest BCUT2D eigenvalue weighted by Crippen LogP contribution is -2.15. The fourth-order valence-electron chi connectivity index (χ4n) is 2.38. The van der Waals surface area contributed by atoms with Crippen molar-refractivity contribution in [2.24, 2.45) is 10.9 Å². The van der Waals surface area contributed by atoms with Gasteiger partial charge in [-0.05, 0) is 49.7 Å². The van der Waals surface area contributed by atoms with Crippen molar-refractivity contribution in [3.8, 4) is 5.82 Å². The fraction of sp³-hybridized carbons (Fsp3) is 0.167. The van der Waals surface area contributed by atoms with Crippen LogP contribution >= 0.6 is 23.2 Å². The zero-order valence-electron chi connectivity index (χ0n) is 14.3. The molecule has 2 N–H and O–H groups in total. The Morgan fingerprint density at radius 2 is 1.96 bits per heavy atom. The third kappa shape index (κ3) is 4.15. The zero-order chi connectivity index (χ0) is 18.7. The van der Waals surface area contributed by atoms with Crippen LogP contribution in [-0.4, -0.2) is 20.6 Å². The van der Waals surface area contributed by atoms with Crippen LogP contribution in [0.15, 0.2) is 47.8 Å². The third-order valence-electron chi connectivity index (χ3n) is 3.65. The summed E-state index contributed by atoms with van der Waals surface area (Å²) >= 11 is 11.8. The van der Waals surface area contributed by atoms with Gasteiger partial charge in [0.15, 0.2) is 11.7 Å². The Hall–Kier alpha value is -2.57. The van der Waals surface area contributed by atoms with Crippen LogP contribution in [0.1, 0.15) is 22.5 Å². The molecule has 0 fully saturated rings. The molecule has 0 radical (unpaired) electrons. The maximum Gasteiger partial charge on any atom is 0.171 e. The van der Waals surface area contributed by atoms with Crippen LogP contribution in [0, 0.1) is 13.8 Å². The summed E-state index contributed by atoms with van der Waals surface area (Å²) in [5.41, 5.74) is 9.39. The number of amidine groups is 1. The summed E-state index contributed by atoms with van der Waals surface area (Å²) in [6, 6.07) is 10.9. The highest BCUT2D eigenvalue weighted by molar-refractivity contribution is 6.42. The monoisotopic (exact) mass is 389 g/mol. The summed E-state index contributed by atoms with van der Waals surface area (Å²) in [4.78, 5) is 9.67. The molecule has 0 saturated carbocycles. The fourth-order valence-corrected chi connectivity index (χ4v) is 2.70. The lowest BCUT2D eigenvalue weighted by molar-refractivity contribution is 0.130. The first-order valence-electron chi connectivity index (χ1n) is 7.83. The first-order chi connectivity index (χ1) is 12.4. The van der Waals surface area contributed by atoms with E-state index in [1.807, 2.05) is 38.1 Å². The van der Waals surface area contributed by atoms with Crippen molar-refractivity contribution in [1.29, 1.82) is 0 Å². The highest BCUT2D eigenvalue weighted by atomic mass is 35.5. The second-order valence-corrected chi connectivity index (χ2v) is 6.56. The molecule has 0 aliphatic rings. The number of benzene rings is 1. The predicted molar refractivity (Wildman–Crippen MR) is 103 cm³/mol. The molecule has 3 rings (SSSR count). The Morgan fingerprint density at radius 1 is 1.15 bits per heavy atom. The van der Waals surface area contributed by atoms with E-state index in [1.165, 1.54) is 0 Å². The van der Waals surface area contributed by atoms with Gasteiger partial charge in [-0.15, -0.1) is 0 Å². The van der Waals surface area contributed by atoms with Gasteiger partial charge in [-0.3, -0.25) is 0 Å². The lowest BCUT2D eigenvalue weighted by Gasteiger charge is -2.06. The Kier molecular flexibility index (Phi) is 5.44. The minimum Gasteiger partial charge on any atom is -0.389 e. The lowest BCUT2D eigenvalue weighted by atomic mass is 10.2. The van der Waals surface area contributed by atoms with E-state index >= 15 is 0 Å². The molecule has 8 heteroatoms. The molecule has 0 spiro atoms. The van der Waals surface area contributed by atoms with Crippen LogP contribution in [0.2, 0.25) is 10.0 Å². The van der Waals surface area contributed by atoms with E-state index < -0.39 is 0 Å². The van der Waals surface area contributed by atoms with Crippen molar-refractivity contribution < 1.29 is 4.84 Å². The molecule has 0 aliphatic carbocycles. The van der Waals surface area contributed by atoms with Gasteiger partial charge in [-0.25, -0.2) is 9.67 Å². The molecule has 2 heterocycles. The predicted octanol–water partition coefficient (Wildman–Crippen LogP) is 4.03. The first kappa shape index (κ1) is 18.2. The van der Waals surface area contributed by atoms with E-state index in [4.69, 9.17) is 33.8 Å². The molecule has 0 amide bonds. The minimum atomic E-state index is 0.231. The van der Waals surface area contributed by atoms with Gasteiger partial charge < -0.3 is 10.6 Å². The second kappa shape index (κ2) is 7.76. The molecule has 0 atom stereocenters. The summed E-state index contributed by atoms with van der Waals surface area (Å²) in [7, 11) is 0. The largest absolute Gasteiger partial charge is 0.389 e. The maximum atomic E-state index is 5.97. The Bertz CT molecular complexity index is 951. The summed E-state index contributed by atoms with van der Waals surface area (Å²) in [5.74, 6) is 0.946. The van der Waals surface area contributed by atoms with E-state index in [0.29, 0.717) is 21.4 Å². The van der Waals surface area contributed by atoms with Crippen molar-refractivity contribution in [3.05, 3.63) is 75.2 Å². The van der Waals surface area contributed by atoms with Crippen LogP contribution in [0.25, 0.3) is 5.82 Å². The molecule has 0 unspecified atom stereocenters. The molecular weight excluding hydrogens is 373 g/mol. The summed E-state index contributed by atoms with van der Waals surface area (Å²) in [5, 5.41) is 9.28. The Morgan fingerprint density at radius 3 is 2.58 bits per heavy atom. The summed E-state index contributed by atoms with van der Waals surface area (Å²) < 4.78 is 1.77. The number of hydrogen-bond donors (Lipinski definition) is 1. The molecule has 0 bridgehead atoms. The molecule has 26 heavy (non-hydrogen) atoms. The van der Waals surface area contributed by atoms with Crippen molar-refractivity contribution >= 4 is 29.0 Å². The standard InChI is InChI=1S/C18H17Cl2N5O/c1-11-7-12(2)25(23-11)17-6-4-14(9-22-17)18(21)24-26-10-13-3-5-15(19)16(20)8-13/h3-9H,10H2,1-2H3,(H2,21,24). The van der Waals surface area contributed by atoms with Gasteiger partial charge in [0.2, 0.25) is 0 Å². The molecule has 1 aromatic carbocycles. The average molecular weight is 390 g/mol. The summed E-state index contributed by atoms with van der Waals surface area (Å²) in [6.07, 6.45) is 1.63. The quantitative estimate of drug-likeness (QED) is 0.405. The number of pyridine rings is 1. The normalized spacial score (nSPS) is 11.6. The molecule has 3 aromatic rings. The van der Waals surface area contributed by atoms with Gasteiger partial charge in [0.25, 0.3) is 0 Å². The Balaban J connectivity index is 1.67. The number of hydrogen-bond acceptors (Lipinski definition) is 4. The summed E-state index contributed by atoms with van der Waals surface area (Å²) in [6.45, 7) is 4.14. The van der Waals surface area contributed by atoms with E-state index in [1.54, 1.807) is 23.0 Å². The number of aromatic nitrogens is 3. The topological polar surface area (TPSA) is 78.3 Å². The van der Waals surface area contributed by atoms with Gasteiger partial charge in [-0.2, -0.15) is 5.10 Å². The SMILES string of the molecule is Cc1cc(C)n(-c2ccc(/C(N)=N\OCc3ccc(Cl)c(Cl)c3)cn2)n1. The zero-order valence-corrected chi connectivity index (χ0v) is 15.8. The van der Waals surface area contributed by atoms with E-state index in [2.05, 4.69) is 15.2 Å². The molecule has 2 aromatic heterocycles. The van der Waals surface area contributed by atoms with Crippen LogP contribution in [0.4, 0.5) is 0 Å². The van der Waals surface area contributed by atoms with Crippen molar-refractivity contribution in [3.63, 3.8) is 0 Å². The highest BCUT2D eigenvalue weighted by Gasteiger charge is 2.07. The second-order valence-electron chi connectivity index (χ2n) is 5.74. The van der Waals surface area contributed by atoms with E-state index in [-0.39, 0.29) is 12.4 Å². The molecule has 134 valence electrons. The number of nitrogens with two attached hydrogens (primary N) is 1. The van der Waals surface area contributed by atoms with E-state index in [0.717, 1.165) is 17.0 Å². The van der Waals surface area contributed by atoms with Gasteiger partial charge in [0.1, 0.15) is 6.61 Å². The highest BCUT2D eigenvalue weighted by Crippen LogP contribution is 2.22.